The van der Waals surface area contributed by atoms with Crippen LogP contribution in [0.15, 0.2) is 63.6 Å². The lowest BCUT2D eigenvalue weighted by Crippen LogP contribution is -2.01. The normalized spacial score (nSPS) is 12.3. The number of rotatable bonds is 4. The predicted molar refractivity (Wildman–Crippen MR) is 82.5 cm³/mol. The Hall–Kier alpha value is -1.98. The van der Waals surface area contributed by atoms with E-state index in [0.717, 1.165) is 15.6 Å². The van der Waals surface area contributed by atoms with Gasteiger partial charge in [0.25, 0.3) is 0 Å². The molecule has 5 heteroatoms. The molecule has 21 heavy (non-hydrogen) atoms. The molecule has 0 spiro atoms. The van der Waals surface area contributed by atoms with Crippen molar-refractivity contribution in [3.63, 3.8) is 0 Å². The van der Waals surface area contributed by atoms with E-state index in [1.807, 2.05) is 54.6 Å². The van der Waals surface area contributed by atoms with Gasteiger partial charge in [0.2, 0.25) is 11.7 Å². The Balaban J connectivity index is 1.76. The number of halogens is 1. The Morgan fingerprint density at radius 2 is 1.90 bits per heavy atom. The van der Waals surface area contributed by atoms with Crippen molar-refractivity contribution < 1.29 is 9.63 Å². The molecule has 3 rings (SSSR count). The molecule has 0 aliphatic rings. The molecule has 106 valence electrons. The fraction of sp³-hybridized carbons (Fsp3) is 0.125. The Labute approximate surface area is 130 Å². The molecule has 1 atom stereocenters. The van der Waals surface area contributed by atoms with E-state index < -0.39 is 6.10 Å². The maximum atomic E-state index is 10.2. The van der Waals surface area contributed by atoms with Crippen LogP contribution in [0.4, 0.5) is 0 Å². The van der Waals surface area contributed by atoms with Gasteiger partial charge in [-0.2, -0.15) is 4.98 Å². The zero-order valence-corrected chi connectivity index (χ0v) is 12.7. The molecule has 0 radical (unpaired) electrons. The van der Waals surface area contributed by atoms with Gasteiger partial charge < -0.3 is 9.63 Å². The summed E-state index contributed by atoms with van der Waals surface area (Å²) in [7, 11) is 0. The third kappa shape index (κ3) is 3.37. The van der Waals surface area contributed by atoms with E-state index in [1.54, 1.807) is 0 Å². The van der Waals surface area contributed by atoms with Gasteiger partial charge in [-0.1, -0.05) is 63.6 Å². The quantitative estimate of drug-likeness (QED) is 0.782. The van der Waals surface area contributed by atoms with Gasteiger partial charge in [-0.3, -0.25) is 0 Å². The maximum Gasteiger partial charge on any atom is 0.229 e. The minimum atomic E-state index is -0.651. The molecule has 0 aliphatic carbocycles. The second kappa shape index (κ2) is 6.20. The summed E-state index contributed by atoms with van der Waals surface area (Å²) in [5.74, 6) is 0.938. The third-order valence-corrected chi connectivity index (χ3v) is 3.60. The number of benzene rings is 2. The number of aromatic nitrogens is 2. The molecule has 1 unspecified atom stereocenters. The standard InChI is InChI=1S/C16H13BrN2O2/c17-13-8-4-7-12(9-13)16-18-15(21-19-16)10-14(20)11-5-2-1-3-6-11/h1-9,14,20H,10H2. The number of hydrogen-bond acceptors (Lipinski definition) is 4. The van der Waals surface area contributed by atoms with Crippen LogP contribution in [0.25, 0.3) is 11.4 Å². The van der Waals surface area contributed by atoms with Crippen LogP contribution in [0, 0.1) is 0 Å². The molecule has 1 heterocycles. The summed E-state index contributed by atoms with van der Waals surface area (Å²) >= 11 is 3.41. The first-order chi connectivity index (χ1) is 10.2. The van der Waals surface area contributed by atoms with Crippen molar-refractivity contribution in [1.82, 2.24) is 10.1 Å². The fourth-order valence-electron chi connectivity index (χ4n) is 2.04. The third-order valence-electron chi connectivity index (χ3n) is 3.10. The fourth-order valence-corrected chi connectivity index (χ4v) is 2.44. The van der Waals surface area contributed by atoms with E-state index in [-0.39, 0.29) is 0 Å². The van der Waals surface area contributed by atoms with Gasteiger partial charge in [-0.15, -0.1) is 0 Å². The summed E-state index contributed by atoms with van der Waals surface area (Å²) in [5.41, 5.74) is 1.70. The average molecular weight is 345 g/mol. The van der Waals surface area contributed by atoms with Crippen molar-refractivity contribution in [1.29, 1.82) is 0 Å². The molecule has 0 bridgehead atoms. The SMILES string of the molecule is OC(Cc1nc(-c2cccc(Br)c2)no1)c1ccccc1. The molecular weight excluding hydrogens is 332 g/mol. The van der Waals surface area contributed by atoms with Crippen LogP contribution in [-0.2, 0) is 6.42 Å². The molecule has 0 aliphatic heterocycles. The Morgan fingerprint density at radius 3 is 2.67 bits per heavy atom. The molecule has 0 fully saturated rings. The molecule has 4 nitrogen and oxygen atoms in total. The first kappa shape index (κ1) is 14.0. The summed E-state index contributed by atoms with van der Waals surface area (Å²) in [4.78, 5) is 4.33. The van der Waals surface area contributed by atoms with E-state index in [4.69, 9.17) is 4.52 Å². The van der Waals surface area contributed by atoms with Crippen molar-refractivity contribution in [3.05, 3.63) is 70.5 Å². The minimum absolute atomic E-state index is 0.297. The Morgan fingerprint density at radius 1 is 1.10 bits per heavy atom. The number of nitrogens with zero attached hydrogens (tertiary/aromatic N) is 2. The highest BCUT2D eigenvalue weighted by Gasteiger charge is 2.14. The van der Waals surface area contributed by atoms with Crippen LogP contribution in [-0.4, -0.2) is 15.2 Å². The smallest absolute Gasteiger partial charge is 0.229 e. The second-order valence-electron chi connectivity index (χ2n) is 4.65. The lowest BCUT2D eigenvalue weighted by atomic mass is 10.1. The van der Waals surface area contributed by atoms with E-state index in [1.165, 1.54) is 0 Å². The first-order valence-electron chi connectivity index (χ1n) is 6.54. The molecule has 0 saturated carbocycles. The molecular formula is C16H13BrN2O2. The van der Waals surface area contributed by atoms with Gasteiger partial charge in [0, 0.05) is 10.0 Å². The molecule has 0 saturated heterocycles. The highest BCUT2D eigenvalue weighted by molar-refractivity contribution is 9.10. The van der Waals surface area contributed by atoms with Gasteiger partial charge in [0.05, 0.1) is 12.5 Å². The van der Waals surface area contributed by atoms with Crippen molar-refractivity contribution in [2.24, 2.45) is 0 Å². The van der Waals surface area contributed by atoms with E-state index >= 15 is 0 Å². The van der Waals surface area contributed by atoms with Crippen molar-refractivity contribution in [2.75, 3.05) is 0 Å². The summed E-state index contributed by atoms with van der Waals surface area (Å²) < 4.78 is 6.17. The van der Waals surface area contributed by atoms with Gasteiger partial charge >= 0.3 is 0 Å². The monoisotopic (exact) mass is 344 g/mol. The summed E-state index contributed by atoms with van der Waals surface area (Å²) in [6.45, 7) is 0. The first-order valence-corrected chi connectivity index (χ1v) is 7.33. The molecule has 2 aromatic carbocycles. The van der Waals surface area contributed by atoms with Gasteiger partial charge in [-0.05, 0) is 17.7 Å². The molecule has 3 aromatic rings. The van der Waals surface area contributed by atoms with Crippen LogP contribution < -0.4 is 0 Å². The predicted octanol–water partition coefficient (Wildman–Crippen LogP) is 3.78. The van der Waals surface area contributed by atoms with Gasteiger partial charge in [0.1, 0.15) is 0 Å². The highest BCUT2D eigenvalue weighted by atomic mass is 79.9. The lowest BCUT2D eigenvalue weighted by Gasteiger charge is -2.07. The zero-order valence-electron chi connectivity index (χ0n) is 11.1. The van der Waals surface area contributed by atoms with Crippen LogP contribution in [0.1, 0.15) is 17.6 Å². The molecule has 1 aromatic heterocycles. The van der Waals surface area contributed by atoms with Crippen LogP contribution in [0.2, 0.25) is 0 Å². The molecule has 1 N–H and O–H groups in total. The average Bonchev–Trinajstić information content (AvgIpc) is 2.97. The van der Waals surface area contributed by atoms with Crippen molar-refractivity contribution in [3.8, 4) is 11.4 Å². The van der Waals surface area contributed by atoms with E-state index in [9.17, 15) is 5.11 Å². The number of aliphatic hydroxyl groups excluding tert-OH is 1. The van der Waals surface area contributed by atoms with Crippen LogP contribution in [0.3, 0.4) is 0 Å². The summed E-state index contributed by atoms with van der Waals surface area (Å²) in [6.07, 6.45) is -0.354. The number of hydrogen-bond donors (Lipinski definition) is 1. The van der Waals surface area contributed by atoms with Crippen molar-refractivity contribution in [2.45, 2.75) is 12.5 Å². The summed E-state index contributed by atoms with van der Waals surface area (Å²) in [5, 5.41) is 14.1. The Kier molecular flexibility index (Phi) is 4.13. The largest absolute Gasteiger partial charge is 0.388 e. The van der Waals surface area contributed by atoms with E-state index in [2.05, 4.69) is 26.1 Å². The minimum Gasteiger partial charge on any atom is -0.388 e. The van der Waals surface area contributed by atoms with Crippen LogP contribution in [0.5, 0.6) is 0 Å². The topological polar surface area (TPSA) is 59.2 Å². The van der Waals surface area contributed by atoms with E-state index in [0.29, 0.717) is 18.1 Å². The van der Waals surface area contributed by atoms with Gasteiger partial charge in [-0.25, -0.2) is 0 Å². The highest BCUT2D eigenvalue weighted by Crippen LogP contribution is 2.22. The molecule has 0 amide bonds. The zero-order chi connectivity index (χ0) is 14.7. The van der Waals surface area contributed by atoms with Crippen molar-refractivity contribution >= 4 is 15.9 Å². The summed E-state index contributed by atoms with van der Waals surface area (Å²) in [6, 6.07) is 17.1. The number of aliphatic hydroxyl groups is 1. The second-order valence-corrected chi connectivity index (χ2v) is 5.57. The van der Waals surface area contributed by atoms with Gasteiger partial charge in [0.15, 0.2) is 0 Å². The Bertz CT molecular complexity index is 728. The maximum absolute atomic E-state index is 10.2. The lowest BCUT2D eigenvalue weighted by molar-refractivity contribution is 0.165. The van der Waals surface area contributed by atoms with Crippen LogP contribution >= 0.6 is 15.9 Å².